The van der Waals surface area contributed by atoms with Crippen LogP contribution in [0.2, 0.25) is 0 Å². The number of aromatic nitrogens is 3. The Morgan fingerprint density at radius 3 is 1.13 bits per heavy atom. The maximum Gasteiger partial charge on any atom is 0.164 e. The van der Waals surface area contributed by atoms with Gasteiger partial charge in [-0.3, -0.25) is 29.3 Å². The average molecular weight is 2360 g/mol. The van der Waals surface area contributed by atoms with Crippen LogP contribution in [0.15, 0.2) is 193 Å². The molecule has 3 aromatic heterocycles. The minimum Gasteiger partial charge on any atom is -0.512 e. The molecule has 0 spiro atoms. The third-order valence-corrected chi connectivity index (χ3v) is 25.5. The molecular weight excluding hydrogens is 2200 g/mol. The molecule has 12 heteroatoms. The quantitative estimate of drug-likeness (QED) is 0.0433. The number of aryl methyl sites for hydroxylation is 6. The first-order valence-corrected chi connectivity index (χ1v) is 48.4. The van der Waals surface area contributed by atoms with Crippen molar-refractivity contribution in [1.82, 2.24) is 15.0 Å². The van der Waals surface area contributed by atoms with E-state index >= 15 is 0 Å². The largest absolute Gasteiger partial charge is 0.512 e. The van der Waals surface area contributed by atoms with Crippen LogP contribution >= 0.6 is 0 Å². The maximum atomic E-state index is 11.5. The summed E-state index contributed by atoms with van der Waals surface area (Å²) in [5.74, 6) is 3.23. The average Bonchev–Trinajstić information content (AvgIpc) is 1.57. The van der Waals surface area contributed by atoms with Gasteiger partial charge in [0.25, 0.3) is 0 Å². The molecule has 15 rings (SSSR count). The van der Waals surface area contributed by atoms with Crippen LogP contribution in [0.4, 0.5) is 0 Å². The standard InChI is InChI=1S/C31H32N.2C30H30N.3C11H20O2.3Ir/c1-18-9-10-22-23-15-24-25(30(4,5)6)16-28(21-12-19(2)11-20(3)13-21)32-29(24)17-27(23)31(7,8)26(22)14-18;1-18(2)14-21-15-28(22-12-9-10-19(3)20(22)4)31-29-17-27-25(16-24(21)29)23-11-7-8-13-26(23)30(27,5)6;1-18(2)11-21-15-28(22-13-19(3)12-20(4)14-22)31-29-17-27-25(16-24(21)29)23-9-7-8-10-26(23)30(27,5)6;1-10(2,3)8(12)7-9(13)11(4,5)6;2*1-8(2)5-10(12)7-11(13)6-9(3)4;;;/h9-12,14-17H,1-8H3;7-11,13,15-18H,14H2,1-6H3;7-10,12-13,15-18H,11H2,1-6H3;7,12H,1-6H3;2*7-9,12H,5-6H2,1-4H3;;;/q3*-1;;;;;;. The van der Waals surface area contributed by atoms with Crippen molar-refractivity contribution in [2.45, 2.75) is 296 Å². The van der Waals surface area contributed by atoms with Crippen molar-refractivity contribution < 1.29 is 90.0 Å². The number of allylic oxidation sites excluding steroid dienone is 6. The summed E-state index contributed by atoms with van der Waals surface area (Å²) in [7, 11) is 0. The third kappa shape index (κ3) is 27.9. The molecule has 3 aliphatic rings. The molecule has 0 fully saturated rings. The van der Waals surface area contributed by atoms with Gasteiger partial charge in [0.05, 0.1) is 28.1 Å². The number of aliphatic hydroxyl groups is 3. The fraction of sp³-hybridized carbons (Fsp3) is 0.419. The van der Waals surface area contributed by atoms with Gasteiger partial charge in [-0.05, 0) is 198 Å². The van der Waals surface area contributed by atoms with Crippen LogP contribution in [-0.2, 0) is 109 Å². The molecular formula is C124H152Ir3N3O6-3. The zero-order valence-corrected chi connectivity index (χ0v) is 95.0. The number of benzene rings is 9. The number of hydrogen-bond donors (Lipinski definition) is 3. The Hall–Kier alpha value is -9.21. The predicted molar refractivity (Wildman–Crippen MR) is 564 cm³/mol. The third-order valence-electron chi connectivity index (χ3n) is 25.5. The Labute approximate surface area is 857 Å². The number of hydrogen-bond acceptors (Lipinski definition) is 9. The van der Waals surface area contributed by atoms with Crippen LogP contribution < -0.4 is 0 Å². The number of ketones is 3. The van der Waals surface area contributed by atoms with E-state index in [2.05, 4.69) is 308 Å². The van der Waals surface area contributed by atoms with Gasteiger partial charge in [-0.25, -0.2) is 0 Å². The van der Waals surface area contributed by atoms with Crippen molar-refractivity contribution in [3.05, 3.63) is 300 Å². The topological polar surface area (TPSA) is 151 Å². The second-order valence-electron chi connectivity index (χ2n) is 45.3. The number of fused-ring (bicyclic) bond motifs is 12. The molecule has 0 atom stereocenters. The molecule has 0 amide bonds. The van der Waals surface area contributed by atoms with Gasteiger partial charge in [-0.2, -0.15) is 0 Å². The smallest absolute Gasteiger partial charge is 0.164 e. The summed E-state index contributed by atoms with van der Waals surface area (Å²) in [5, 5.41) is 32.1. The summed E-state index contributed by atoms with van der Waals surface area (Å²) in [5.41, 5.74) is 38.2. The molecule has 0 unspecified atom stereocenters. The van der Waals surface area contributed by atoms with E-state index in [4.69, 9.17) is 15.0 Å². The molecule has 9 aromatic carbocycles. The fourth-order valence-corrected chi connectivity index (χ4v) is 18.6. The van der Waals surface area contributed by atoms with Gasteiger partial charge in [-0.15, -0.1) is 105 Å². The molecule has 0 saturated heterocycles. The van der Waals surface area contributed by atoms with Gasteiger partial charge in [0.1, 0.15) is 5.76 Å². The summed E-state index contributed by atoms with van der Waals surface area (Å²) in [6, 6.07) is 69.1. The van der Waals surface area contributed by atoms with Gasteiger partial charge in [0.2, 0.25) is 0 Å². The fourth-order valence-electron chi connectivity index (χ4n) is 18.6. The monoisotopic (exact) mass is 2360 g/mol. The van der Waals surface area contributed by atoms with Gasteiger partial charge in [0, 0.05) is 147 Å². The van der Waals surface area contributed by atoms with Gasteiger partial charge < -0.3 is 15.3 Å². The van der Waals surface area contributed by atoms with E-state index in [-0.39, 0.29) is 122 Å². The Kier molecular flexibility index (Phi) is 38.7. The summed E-state index contributed by atoms with van der Waals surface area (Å²) in [6.45, 7) is 72.2. The number of pyridine rings is 3. The summed E-state index contributed by atoms with van der Waals surface area (Å²) in [6.07, 6.45) is 8.35. The molecule has 136 heavy (non-hydrogen) atoms. The van der Waals surface area contributed by atoms with Crippen molar-refractivity contribution in [3.8, 4) is 67.2 Å². The summed E-state index contributed by atoms with van der Waals surface area (Å²) >= 11 is 0. The van der Waals surface area contributed by atoms with Crippen LogP contribution in [0.25, 0.3) is 99.9 Å². The van der Waals surface area contributed by atoms with E-state index in [1.165, 1.54) is 146 Å². The molecule has 9 nitrogen and oxygen atoms in total. The van der Waals surface area contributed by atoms with Crippen molar-refractivity contribution in [3.63, 3.8) is 0 Å². The van der Waals surface area contributed by atoms with E-state index in [0.29, 0.717) is 61.2 Å². The second kappa shape index (κ2) is 46.3. The van der Waals surface area contributed by atoms with E-state index < -0.39 is 5.41 Å². The predicted octanol–water partition coefficient (Wildman–Crippen LogP) is 33.1. The van der Waals surface area contributed by atoms with Crippen molar-refractivity contribution >= 4 is 50.1 Å². The zero-order valence-electron chi connectivity index (χ0n) is 87.9. The van der Waals surface area contributed by atoms with Crippen LogP contribution in [0, 0.1) is 113 Å². The Morgan fingerprint density at radius 2 is 0.743 bits per heavy atom. The molecule has 0 aliphatic heterocycles. The van der Waals surface area contributed by atoms with Crippen molar-refractivity contribution in [2.75, 3.05) is 0 Å². The van der Waals surface area contributed by atoms with Crippen LogP contribution in [-0.4, -0.2) is 47.6 Å². The van der Waals surface area contributed by atoms with Crippen molar-refractivity contribution in [2.24, 2.45) is 46.3 Å². The van der Waals surface area contributed by atoms with E-state index in [9.17, 15) is 29.7 Å². The molecule has 3 heterocycles. The first-order chi connectivity index (χ1) is 61.8. The number of carbonyl (C=O) groups excluding carboxylic acids is 3. The molecule has 3 N–H and O–H groups in total. The maximum absolute atomic E-state index is 11.5. The SMILES string of the molecule is CC(C)(C)C(=O)C=C(O)C(C)(C)C.CC(C)CC(=O)C=C(O)CC(C)C.CC(C)CC(=O)C=C(O)CC(C)C.Cc1[c-]c(-c2cc(C(C)(C)C)c3cc4c(cc3n2)C(C)(C)c2cc(C)ccc2-4)cc(C)c1.Cc1[c-]c(-c2cc(CC(C)C)c3cc4c(cc3n2)C(C)(C)c2ccccc2-4)cc(C)c1.Cc1cc[c-]c(-c2cc(CC(C)C)c3cc4c(cc3n2)C(C)(C)c2ccccc2-4)c1C.[Ir].[Ir].[Ir]. The molecule has 0 bridgehead atoms. The van der Waals surface area contributed by atoms with E-state index in [1.807, 2.05) is 103 Å². The number of nitrogens with zero attached hydrogens (tertiary/aromatic N) is 3. The summed E-state index contributed by atoms with van der Waals surface area (Å²) < 4.78 is 0. The molecule has 12 aromatic rings. The number of aliphatic hydroxyl groups excluding tert-OH is 3. The minimum atomic E-state index is -0.417. The van der Waals surface area contributed by atoms with E-state index in [1.54, 1.807) is 0 Å². The molecule has 3 radical (unpaired) electrons. The second-order valence-corrected chi connectivity index (χ2v) is 45.3. The van der Waals surface area contributed by atoms with Gasteiger partial charge in [-0.1, -0.05) is 319 Å². The molecule has 0 saturated carbocycles. The van der Waals surface area contributed by atoms with Crippen LogP contribution in [0.5, 0.6) is 0 Å². The van der Waals surface area contributed by atoms with Crippen LogP contribution in [0.1, 0.15) is 302 Å². The minimum absolute atomic E-state index is 0. The van der Waals surface area contributed by atoms with Gasteiger partial charge in [0.15, 0.2) is 17.3 Å². The number of rotatable bonds is 18. The zero-order chi connectivity index (χ0) is 98.5. The normalized spacial score (nSPS) is 13.7. The van der Waals surface area contributed by atoms with E-state index in [0.717, 1.165) is 74.3 Å². The Bertz CT molecular complexity index is 6350. The number of carbonyl (C=O) groups is 3. The first kappa shape index (κ1) is 114. The van der Waals surface area contributed by atoms with Crippen LogP contribution in [0.3, 0.4) is 0 Å². The Morgan fingerprint density at radius 1 is 0.375 bits per heavy atom. The molecule has 3 aliphatic carbocycles. The molecule has 729 valence electrons. The summed E-state index contributed by atoms with van der Waals surface area (Å²) in [4.78, 5) is 49.5. The Balaban J connectivity index is 0.000000232. The van der Waals surface area contributed by atoms with Crippen molar-refractivity contribution in [1.29, 1.82) is 0 Å². The van der Waals surface area contributed by atoms with Gasteiger partial charge >= 0.3 is 0 Å². The first-order valence-electron chi connectivity index (χ1n) is 48.4.